The Bertz CT molecular complexity index is 1630. The van der Waals surface area contributed by atoms with E-state index in [2.05, 4.69) is 158 Å². The Balaban J connectivity index is 1.43. The smallest absolute Gasteiger partial charge is 0.0210 e. The predicted molar refractivity (Wildman–Crippen MR) is 177 cm³/mol. The van der Waals surface area contributed by atoms with Gasteiger partial charge in [-0.2, -0.15) is 0 Å². The summed E-state index contributed by atoms with van der Waals surface area (Å²) < 4.78 is 0. The number of hydrogen-bond donors (Lipinski definition) is 0. The Hall–Kier alpha value is -3.90. The van der Waals surface area contributed by atoms with Gasteiger partial charge in [0, 0.05) is 11.3 Å². The van der Waals surface area contributed by atoms with Crippen LogP contribution in [0, 0.1) is 13.8 Å². The van der Waals surface area contributed by atoms with E-state index in [1.165, 1.54) is 66.8 Å². The minimum atomic E-state index is -0.148. The van der Waals surface area contributed by atoms with Crippen LogP contribution >= 0.6 is 0 Å². The zero-order valence-corrected chi connectivity index (χ0v) is 25.7. The van der Waals surface area contributed by atoms with E-state index in [1.54, 1.807) is 0 Å². The van der Waals surface area contributed by atoms with Crippen LogP contribution in [0.2, 0.25) is 0 Å². The highest BCUT2D eigenvalue weighted by atomic mass is 14.3. The molecule has 0 spiro atoms. The van der Waals surface area contributed by atoms with Crippen LogP contribution in [0.1, 0.15) is 90.6 Å². The molecule has 6 rings (SSSR count). The monoisotopic (exact) mass is 534 g/mol. The van der Waals surface area contributed by atoms with E-state index in [-0.39, 0.29) is 10.8 Å². The molecule has 0 unspecified atom stereocenters. The number of benzene rings is 4. The van der Waals surface area contributed by atoms with E-state index >= 15 is 0 Å². The van der Waals surface area contributed by atoms with Gasteiger partial charge in [-0.25, -0.2) is 0 Å². The second-order valence-electron chi connectivity index (χ2n) is 13.7. The molecule has 0 atom stereocenters. The lowest BCUT2D eigenvalue weighted by Crippen LogP contribution is -2.17. The van der Waals surface area contributed by atoms with Gasteiger partial charge in [0.25, 0.3) is 0 Å². The Morgan fingerprint density at radius 3 is 1.80 bits per heavy atom. The lowest BCUT2D eigenvalue weighted by Gasteiger charge is -2.27. The van der Waals surface area contributed by atoms with Gasteiger partial charge in [0.15, 0.2) is 0 Å². The molecule has 0 radical (unpaired) electrons. The van der Waals surface area contributed by atoms with Crippen molar-refractivity contribution in [3.63, 3.8) is 0 Å². The second-order valence-corrected chi connectivity index (χ2v) is 13.7. The minimum absolute atomic E-state index is 0.101. The Kier molecular flexibility index (Phi) is 6.77. The molecule has 0 nitrogen and oxygen atoms in total. The summed E-state index contributed by atoms with van der Waals surface area (Å²) in [5, 5.41) is 0. The molecule has 4 aromatic carbocycles. The third kappa shape index (κ3) is 5.17. The first-order chi connectivity index (χ1) is 19.5. The van der Waals surface area contributed by atoms with E-state index in [1.807, 2.05) is 0 Å². The molecule has 0 fully saturated rings. The molecule has 0 saturated carbocycles. The summed E-state index contributed by atoms with van der Waals surface area (Å²) in [5.74, 6) is 0.360. The van der Waals surface area contributed by atoms with Gasteiger partial charge in [-0.05, 0) is 81.3 Å². The fourth-order valence-electron chi connectivity index (χ4n) is 6.60. The molecule has 41 heavy (non-hydrogen) atoms. The average molecular weight is 535 g/mol. The highest BCUT2D eigenvalue weighted by Gasteiger charge is 2.31. The van der Waals surface area contributed by atoms with Crippen LogP contribution in [-0.4, -0.2) is 0 Å². The molecule has 0 bridgehead atoms. The second kappa shape index (κ2) is 10.2. The maximum Gasteiger partial charge on any atom is 0.0210 e. The van der Waals surface area contributed by atoms with Crippen molar-refractivity contribution in [2.75, 3.05) is 0 Å². The Morgan fingerprint density at radius 1 is 0.683 bits per heavy atom. The highest BCUT2D eigenvalue weighted by molar-refractivity contribution is 5.82. The van der Waals surface area contributed by atoms with E-state index in [0.717, 1.165) is 6.42 Å². The first-order valence-corrected chi connectivity index (χ1v) is 15.0. The SMILES string of the molecule is Cc1ccc(C(=CC(C)(C)c2ccc3c(c2)Cc2c-3ccc(C(C)(C)C)c2C2C=CC=C2)c2ccc(C)cc2)cc1. The number of rotatable bonds is 5. The molecule has 0 aliphatic heterocycles. The maximum atomic E-state index is 2.48. The fourth-order valence-corrected chi connectivity index (χ4v) is 6.60. The lowest BCUT2D eigenvalue weighted by atomic mass is 9.77. The van der Waals surface area contributed by atoms with Crippen molar-refractivity contribution >= 4 is 5.57 Å². The Morgan fingerprint density at radius 2 is 1.24 bits per heavy atom. The van der Waals surface area contributed by atoms with Crippen LogP contribution < -0.4 is 0 Å². The van der Waals surface area contributed by atoms with Gasteiger partial charge in [-0.3, -0.25) is 0 Å². The summed E-state index contributed by atoms with van der Waals surface area (Å²) >= 11 is 0. The van der Waals surface area contributed by atoms with Gasteiger partial charge < -0.3 is 0 Å². The van der Waals surface area contributed by atoms with Crippen molar-refractivity contribution in [2.24, 2.45) is 0 Å². The normalized spacial score (nSPS) is 14.3. The van der Waals surface area contributed by atoms with Crippen molar-refractivity contribution in [1.29, 1.82) is 0 Å². The Labute approximate surface area is 247 Å². The molecule has 2 aliphatic carbocycles. The first-order valence-electron chi connectivity index (χ1n) is 15.0. The predicted octanol–water partition coefficient (Wildman–Crippen LogP) is 10.8. The average Bonchev–Trinajstić information content (AvgIpc) is 3.60. The quantitative estimate of drug-likeness (QED) is 0.210. The molecule has 0 N–H and O–H groups in total. The summed E-state index contributed by atoms with van der Waals surface area (Å²) in [6, 6.07) is 29.9. The molecular weight excluding hydrogens is 492 g/mol. The molecule has 0 saturated heterocycles. The largest absolute Gasteiger partial charge is 0.0732 e. The van der Waals surface area contributed by atoms with Gasteiger partial charge >= 0.3 is 0 Å². The summed E-state index contributed by atoms with van der Waals surface area (Å²) in [7, 11) is 0. The summed E-state index contributed by atoms with van der Waals surface area (Å²) in [6.07, 6.45) is 12.6. The molecule has 0 aromatic heterocycles. The van der Waals surface area contributed by atoms with Crippen LogP contribution in [0.15, 0.2) is 109 Å². The van der Waals surface area contributed by atoms with Crippen LogP contribution in [0.5, 0.6) is 0 Å². The molecule has 4 aromatic rings. The van der Waals surface area contributed by atoms with Crippen molar-refractivity contribution in [1.82, 2.24) is 0 Å². The maximum absolute atomic E-state index is 2.48. The third-order valence-electron chi connectivity index (χ3n) is 8.98. The van der Waals surface area contributed by atoms with Gasteiger partial charge in [0.1, 0.15) is 0 Å². The van der Waals surface area contributed by atoms with Gasteiger partial charge in [-0.15, -0.1) is 0 Å². The van der Waals surface area contributed by atoms with Crippen LogP contribution in [0.3, 0.4) is 0 Å². The standard InChI is InChI=1S/C41H42/c1-27-12-16-29(17-13-27)37(30-18-14-28(2)15-19-30)26-41(6,7)33-20-21-34-32(24-33)25-36-35(34)22-23-38(40(3,4)5)39(36)31-10-8-9-11-31/h8-24,26,31H,25H2,1-7H3. The molecule has 0 heterocycles. The van der Waals surface area contributed by atoms with Gasteiger partial charge in [0.2, 0.25) is 0 Å². The van der Waals surface area contributed by atoms with E-state index in [0.29, 0.717) is 5.92 Å². The van der Waals surface area contributed by atoms with Crippen LogP contribution in [0.4, 0.5) is 0 Å². The highest BCUT2D eigenvalue weighted by Crippen LogP contribution is 2.46. The van der Waals surface area contributed by atoms with E-state index in [9.17, 15) is 0 Å². The first kappa shape index (κ1) is 27.3. The van der Waals surface area contributed by atoms with Crippen molar-refractivity contribution in [2.45, 2.75) is 71.6 Å². The molecule has 0 heteroatoms. The lowest BCUT2D eigenvalue weighted by molar-refractivity contribution is 0.581. The summed E-state index contributed by atoms with van der Waals surface area (Å²) in [6.45, 7) is 16.0. The molecule has 2 aliphatic rings. The molecule has 0 amide bonds. The van der Waals surface area contributed by atoms with E-state index in [4.69, 9.17) is 0 Å². The van der Waals surface area contributed by atoms with Gasteiger partial charge in [-0.1, -0.05) is 155 Å². The number of aryl methyl sites for hydroxylation is 2. The number of fused-ring (bicyclic) bond motifs is 3. The zero-order valence-electron chi connectivity index (χ0n) is 25.7. The minimum Gasteiger partial charge on any atom is -0.0732 e. The summed E-state index contributed by atoms with van der Waals surface area (Å²) in [4.78, 5) is 0. The van der Waals surface area contributed by atoms with Crippen molar-refractivity contribution in [3.05, 3.63) is 159 Å². The zero-order chi connectivity index (χ0) is 28.9. The van der Waals surface area contributed by atoms with Crippen LogP contribution in [0.25, 0.3) is 16.7 Å². The van der Waals surface area contributed by atoms with Crippen molar-refractivity contribution < 1.29 is 0 Å². The van der Waals surface area contributed by atoms with Gasteiger partial charge in [0.05, 0.1) is 0 Å². The third-order valence-corrected chi connectivity index (χ3v) is 8.98. The number of allylic oxidation sites excluding steroid dienone is 5. The van der Waals surface area contributed by atoms with Crippen LogP contribution in [-0.2, 0) is 17.3 Å². The number of hydrogen-bond acceptors (Lipinski definition) is 0. The fraction of sp³-hybridized carbons (Fsp3) is 0.268. The molecular formula is C41H42. The molecule has 206 valence electrons. The summed E-state index contributed by atoms with van der Waals surface area (Å²) in [5.41, 5.74) is 16.4. The van der Waals surface area contributed by atoms with E-state index < -0.39 is 0 Å². The van der Waals surface area contributed by atoms with Crippen molar-refractivity contribution in [3.8, 4) is 11.1 Å². The topological polar surface area (TPSA) is 0 Å².